The summed E-state index contributed by atoms with van der Waals surface area (Å²) in [6.07, 6.45) is -2.10. The molecule has 0 heterocycles. The van der Waals surface area contributed by atoms with E-state index in [1.807, 2.05) is 6.92 Å². The lowest BCUT2D eigenvalue weighted by molar-refractivity contribution is -0.346. The van der Waals surface area contributed by atoms with E-state index in [1.54, 1.807) is 0 Å². The highest BCUT2D eigenvalue weighted by Crippen LogP contribution is 2.30. The van der Waals surface area contributed by atoms with Gasteiger partial charge in [0.05, 0.1) is 6.10 Å². The quantitative estimate of drug-likeness (QED) is 0.605. The van der Waals surface area contributed by atoms with Crippen molar-refractivity contribution in [3.05, 3.63) is 0 Å². The molecule has 0 aromatic heterocycles. The predicted molar refractivity (Wildman–Crippen MR) is 38.6 cm³/mol. The highest BCUT2D eigenvalue weighted by molar-refractivity contribution is 4.70. The van der Waals surface area contributed by atoms with Crippen LogP contribution < -0.4 is 0 Å². The molecule has 0 radical (unpaired) electrons. The highest BCUT2D eigenvalue weighted by Gasteiger charge is 2.34. The van der Waals surface area contributed by atoms with Gasteiger partial charge in [-0.25, -0.2) is 0 Å². The molecule has 0 aromatic rings. The second kappa shape index (κ2) is 3.64. The molecule has 2 atom stereocenters. The minimum Gasteiger partial charge on any atom is -0.289 e. The van der Waals surface area contributed by atoms with Gasteiger partial charge in [-0.2, -0.15) is 0 Å². The lowest BCUT2D eigenvalue weighted by Gasteiger charge is -2.27. The first-order chi connectivity index (χ1) is 5.47. The monoisotopic (exact) mass is 182 g/mol. The molecule has 72 valence electrons. The molecule has 1 nitrogen and oxygen atoms in total. The predicted octanol–water partition coefficient (Wildman–Crippen LogP) is 3.10. The fraction of sp³-hybridized carbons (Fsp3) is 1.00. The Bertz CT molecular complexity index is 144. The minimum atomic E-state index is -4.46. The van der Waals surface area contributed by atoms with Gasteiger partial charge in [0.2, 0.25) is 0 Å². The summed E-state index contributed by atoms with van der Waals surface area (Å²) in [4.78, 5) is 0. The molecule has 0 aliphatic heterocycles. The van der Waals surface area contributed by atoms with Gasteiger partial charge in [-0.3, -0.25) is 4.74 Å². The summed E-state index contributed by atoms with van der Waals surface area (Å²) in [7, 11) is 0. The zero-order valence-corrected chi connectivity index (χ0v) is 7.03. The van der Waals surface area contributed by atoms with E-state index in [4.69, 9.17) is 0 Å². The van der Waals surface area contributed by atoms with Crippen molar-refractivity contribution in [2.24, 2.45) is 5.92 Å². The third-order valence-corrected chi connectivity index (χ3v) is 2.19. The van der Waals surface area contributed by atoms with Gasteiger partial charge in [0, 0.05) is 0 Å². The van der Waals surface area contributed by atoms with Crippen molar-refractivity contribution in [3.63, 3.8) is 0 Å². The second-order valence-corrected chi connectivity index (χ2v) is 3.46. The molecule has 0 bridgehead atoms. The molecular formula is C8H13F3O. The number of rotatable bonds is 1. The maximum absolute atomic E-state index is 11.7. The molecule has 1 aliphatic carbocycles. The van der Waals surface area contributed by atoms with E-state index < -0.39 is 12.5 Å². The molecule has 1 aliphatic rings. The van der Waals surface area contributed by atoms with Crippen molar-refractivity contribution in [3.8, 4) is 0 Å². The van der Waals surface area contributed by atoms with E-state index in [9.17, 15) is 13.2 Å². The first-order valence-electron chi connectivity index (χ1n) is 4.22. The summed E-state index contributed by atoms with van der Waals surface area (Å²) in [5.41, 5.74) is 0. The van der Waals surface area contributed by atoms with Crippen molar-refractivity contribution >= 4 is 0 Å². The van der Waals surface area contributed by atoms with Crippen LogP contribution in [0.1, 0.15) is 32.6 Å². The van der Waals surface area contributed by atoms with E-state index in [1.165, 1.54) is 0 Å². The van der Waals surface area contributed by atoms with E-state index in [0.29, 0.717) is 18.8 Å². The van der Waals surface area contributed by atoms with Gasteiger partial charge in [0.15, 0.2) is 0 Å². The van der Waals surface area contributed by atoms with Gasteiger partial charge in [-0.05, 0) is 18.8 Å². The zero-order valence-electron chi connectivity index (χ0n) is 7.03. The standard InChI is InChI=1S/C8H13F3O/c1-6-3-2-4-7(5-6)12-8(9,10)11/h6-7H,2-5H2,1H3/t6-,7+/m1/s1. The molecule has 0 N–H and O–H groups in total. The van der Waals surface area contributed by atoms with Gasteiger partial charge in [0.25, 0.3) is 0 Å². The van der Waals surface area contributed by atoms with Crippen molar-refractivity contribution in [2.45, 2.75) is 45.1 Å². The molecule has 0 saturated heterocycles. The lowest BCUT2D eigenvalue weighted by Crippen LogP contribution is -2.28. The van der Waals surface area contributed by atoms with Crippen LogP contribution in [-0.4, -0.2) is 12.5 Å². The van der Waals surface area contributed by atoms with Gasteiger partial charge < -0.3 is 0 Å². The molecule has 0 aromatic carbocycles. The number of alkyl halides is 3. The summed E-state index contributed by atoms with van der Waals surface area (Å²) in [6, 6.07) is 0. The average molecular weight is 182 g/mol. The summed E-state index contributed by atoms with van der Waals surface area (Å²) in [5.74, 6) is 0.367. The maximum atomic E-state index is 11.7. The summed E-state index contributed by atoms with van der Waals surface area (Å²) in [5, 5.41) is 0. The van der Waals surface area contributed by atoms with E-state index in [0.717, 1.165) is 12.8 Å². The average Bonchev–Trinajstić information content (AvgIpc) is 1.82. The molecule has 0 amide bonds. The Kier molecular flexibility index (Phi) is 2.99. The zero-order chi connectivity index (χ0) is 9.19. The van der Waals surface area contributed by atoms with Gasteiger partial charge in [0.1, 0.15) is 0 Å². The molecule has 1 rings (SSSR count). The molecule has 0 spiro atoms. The SMILES string of the molecule is C[C@@H]1CCC[C@H](OC(F)(F)F)C1. The number of hydrogen-bond donors (Lipinski definition) is 0. The molecule has 1 fully saturated rings. The Hall–Kier alpha value is -0.250. The molecule has 4 heteroatoms. The largest absolute Gasteiger partial charge is 0.522 e. The van der Waals surface area contributed by atoms with E-state index in [2.05, 4.69) is 4.74 Å². The van der Waals surface area contributed by atoms with Crippen molar-refractivity contribution in [2.75, 3.05) is 0 Å². The maximum Gasteiger partial charge on any atom is 0.522 e. The van der Waals surface area contributed by atoms with Crippen LogP contribution in [0.4, 0.5) is 13.2 Å². The fourth-order valence-corrected chi connectivity index (χ4v) is 1.67. The fourth-order valence-electron chi connectivity index (χ4n) is 1.67. The summed E-state index contributed by atoms with van der Waals surface area (Å²) >= 11 is 0. The second-order valence-electron chi connectivity index (χ2n) is 3.46. The van der Waals surface area contributed by atoms with Gasteiger partial charge in [-0.1, -0.05) is 19.8 Å². The van der Waals surface area contributed by atoms with Crippen LogP contribution in [-0.2, 0) is 4.74 Å². The van der Waals surface area contributed by atoms with Crippen LogP contribution in [0.5, 0.6) is 0 Å². The van der Waals surface area contributed by atoms with Crippen LogP contribution in [0, 0.1) is 5.92 Å². The Balaban J connectivity index is 2.32. The summed E-state index contributed by atoms with van der Waals surface area (Å²) in [6.45, 7) is 1.96. The van der Waals surface area contributed by atoms with Gasteiger partial charge in [-0.15, -0.1) is 13.2 Å². The molecule has 1 saturated carbocycles. The van der Waals surface area contributed by atoms with Gasteiger partial charge >= 0.3 is 6.36 Å². The molecule has 0 unspecified atom stereocenters. The van der Waals surface area contributed by atoms with E-state index >= 15 is 0 Å². The number of ether oxygens (including phenoxy) is 1. The number of hydrogen-bond acceptors (Lipinski definition) is 1. The van der Waals surface area contributed by atoms with Crippen LogP contribution >= 0.6 is 0 Å². The normalized spacial score (nSPS) is 32.0. The third kappa shape index (κ3) is 3.43. The van der Waals surface area contributed by atoms with Crippen LogP contribution in [0.2, 0.25) is 0 Å². The first-order valence-corrected chi connectivity index (χ1v) is 4.22. The number of halogens is 3. The van der Waals surface area contributed by atoms with Crippen LogP contribution in [0.25, 0.3) is 0 Å². The third-order valence-electron chi connectivity index (χ3n) is 2.19. The Morgan fingerprint density at radius 2 is 1.92 bits per heavy atom. The lowest BCUT2D eigenvalue weighted by atomic mass is 9.89. The van der Waals surface area contributed by atoms with Crippen molar-refractivity contribution < 1.29 is 17.9 Å². The highest BCUT2D eigenvalue weighted by atomic mass is 19.4. The first kappa shape index (κ1) is 9.84. The Labute approximate surface area is 69.9 Å². The van der Waals surface area contributed by atoms with Crippen molar-refractivity contribution in [1.29, 1.82) is 0 Å². The van der Waals surface area contributed by atoms with Crippen LogP contribution in [0.15, 0.2) is 0 Å². The smallest absolute Gasteiger partial charge is 0.289 e. The van der Waals surface area contributed by atoms with Crippen LogP contribution in [0.3, 0.4) is 0 Å². The Morgan fingerprint density at radius 3 is 2.42 bits per heavy atom. The van der Waals surface area contributed by atoms with E-state index in [-0.39, 0.29) is 0 Å². The topological polar surface area (TPSA) is 9.23 Å². The Morgan fingerprint density at radius 1 is 1.25 bits per heavy atom. The van der Waals surface area contributed by atoms with Crippen molar-refractivity contribution in [1.82, 2.24) is 0 Å². The minimum absolute atomic E-state index is 0.367. The summed E-state index contributed by atoms with van der Waals surface area (Å²) < 4.78 is 39.2. The molecule has 12 heavy (non-hydrogen) atoms. The molecular weight excluding hydrogens is 169 g/mol.